The van der Waals surface area contributed by atoms with E-state index in [0.717, 1.165) is 6.42 Å². The standard InChI is InChI=1S/C12H14Cl2O/c1-8(2)3-6-12(15)10-7-9(13)4-5-11(10)14/h4-5,7-8H,3,6H2,1-2H3. The van der Waals surface area contributed by atoms with Crippen molar-refractivity contribution in [3.05, 3.63) is 33.8 Å². The first-order chi connectivity index (χ1) is 7.00. The summed E-state index contributed by atoms with van der Waals surface area (Å²) in [6.45, 7) is 4.18. The zero-order valence-electron chi connectivity index (χ0n) is 8.89. The van der Waals surface area contributed by atoms with Crippen molar-refractivity contribution in [2.24, 2.45) is 5.92 Å². The lowest BCUT2D eigenvalue weighted by Crippen LogP contribution is -2.02. The molecule has 3 heteroatoms. The maximum absolute atomic E-state index is 11.8. The van der Waals surface area contributed by atoms with Crippen LogP contribution in [-0.4, -0.2) is 5.78 Å². The summed E-state index contributed by atoms with van der Waals surface area (Å²) in [5.74, 6) is 0.586. The molecular formula is C12H14Cl2O. The minimum Gasteiger partial charge on any atom is -0.294 e. The average molecular weight is 245 g/mol. The molecule has 0 aliphatic heterocycles. The molecule has 0 saturated carbocycles. The van der Waals surface area contributed by atoms with E-state index in [1.54, 1.807) is 18.2 Å². The Morgan fingerprint density at radius 3 is 2.60 bits per heavy atom. The third-order valence-corrected chi connectivity index (χ3v) is 2.74. The zero-order chi connectivity index (χ0) is 11.4. The van der Waals surface area contributed by atoms with Crippen molar-refractivity contribution in [3.63, 3.8) is 0 Å². The van der Waals surface area contributed by atoms with Crippen molar-refractivity contribution >= 4 is 29.0 Å². The fourth-order valence-electron chi connectivity index (χ4n) is 1.27. The Balaban J connectivity index is 2.77. The van der Waals surface area contributed by atoms with Gasteiger partial charge in [0.2, 0.25) is 0 Å². The largest absolute Gasteiger partial charge is 0.294 e. The normalized spacial score (nSPS) is 10.7. The quantitative estimate of drug-likeness (QED) is 0.708. The van der Waals surface area contributed by atoms with Gasteiger partial charge in [-0.05, 0) is 30.5 Å². The number of rotatable bonds is 4. The van der Waals surface area contributed by atoms with Gasteiger partial charge in [0.25, 0.3) is 0 Å². The van der Waals surface area contributed by atoms with Crippen LogP contribution in [0.5, 0.6) is 0 Å². The summed E-state index contributed by atoms with van der Waals surface area (Å²) < 4.78 is 0. The molecule has 0 aromatic heterocycles. The number of hydrogen-bond donors (Lipinski definition) is 0. The third kappa shape index (κ3) is 3.84. The highest BCUT2D eigenvalue weighted by Crippen LogP contribution is 2.22. The fourth-order valence-corrected chi connectivity index (χ4v) is 1.66. The van der Waals surface area contributed by atoms with Gasteiger partial charge < -0.3 is 0 Å². The van der Waals surface area contributed by atoms with Gasteiger partial charge in [-0.25, -0.2) is 0 Å². The van der Waals surface area contributed by atoms with Gasteiger partial charge in [0.05, 0.1) is 5.02 Å². The highest BCUT2D eigenvalue weighted by molar-refractivity contribution is 6.35. The molecule has 1 aromatic rings. The number of carbonyl (C=O) groups excluding carboxylic acids is 1. The van der Waals surface area contributed by atoms with Crippen molar-refractivity contribution in [2.75, 3.05) is 0 Å². The van der Waals surface area contributed by atoms with Gasteiger partial charge in [-0.15, -0.1) is 0 Å². The summed E-state index contributed by atoms with van der Waals surface area (Å²) in [6.07, 6.45) is 1.40. The van der Waals surface area contributed by atoms with Crippen LogP contribution in [0.3, 0.4) is 0 Å². The first-order valence-electron chi connectivity index (χ1n) is 4.99. The number of halogens is 2. The molecular weight excluding hydrogens is 231 g/mol. The smallest absolute Gasteiger partial charge is 0.164 e. The molecule has 0 spiro atoms. The van der Waals surface area contributed by atoms with E-state index in [1.807, 2.05) is 0 Å². The van der Waals surface area contributed by atoms with Crippen LogP contribution < -0.4 is 0 Å². The van der Waals surface area contributed by atoms with Gasteiger partial charge in [-0.1, -0.05) is 37.0 Å². The van der Waals surface area contributed by atoms with Gasteiger partial charge in [0, 0.05) is 17.0 Å². The first-order valence-corrected chi connectivity index (χ1v) is 5.74. The lowest BCUT2D eigenvalue weighted by Gasteiger charge is -2.06. The molecule has 0 amide bonds. The topological polar surface area (TPSA) is 17.1 Å². The Hall–Kier alpha value is -0.530. The van der Waals surface area contributed by atoms with Crippen LogP contribution in [0, 0.1) is 5.92 Å². The van der Waals surface area contributed by atoms with E-state index in [-0.39, 0.29) is 5.78 Å². The third-order valence-electron chi connectivity index (χ3n) is 2.18. The van der Waals surface area contributed by atoms with Crippen molar-refractivity contribution in [1.82, 2.24) is 0 Å². The SMILES string of the molecule is CC(C)CCC(=O)c1cc(Cl)ccc1Cl. The second-order valence-electron chi connectivity index (χ2n) is 3.98. The highest BCUT2D eigenvalue weighted by Gasteiger charge is 2.11. The Morgan fingerprint density at radius 1 is 1.33 bits per heavy atom. The molecule has 1 nitrogen and oxygen atoms in total. The van der Waals surface area contributed by atoms with E-state index in [2.05, 4.69) is 13.8 Å². The van der Waals surface area contributed by atoms with Gasteiger partial charge in [-0.2, -0.15) is 0 Å². The number of benzene rings is 1. The van der Waals surface area contributed by atoms with Gasteiger partial charge in [0.1, 0.15) is 0 Å². The minimum absolute atomic E-state index is 0.0659. The summed E-state index contributed by atoms with van der Waals surface area (Å²) in [6, 6.07) is 4.97. The van der Waals surface area contributed by atoms with Crippen molar-refractivity contribution in [1.29, 1.82) is 0 Å². The molecule has 0 radical (unpaired) electrons. The molecule has 0 saturated heterocycles. The van der Waals surface area contributed by atoms with Crippen molar-refractivity contribution in [2.45, 2.75) is 26.7 Å². The van der Waals surface area contributed by atoms with Gasteiger partial charge in [-0.3, -0.25) is 4.79 Å². The molecule has 0 bridgehead atoms. The summed E-state index contributed by atoms with van der Waals surface area (Å²) >= 11 is 11.7. The maximum atomic E-state index is 11.8. The second-order valence-corrected chi connectivity index (χ2v) is 4.82. The summed E-state index contributed by atoms with van der Waals surface area (Å²) in [5, 5.41) is 1.03. The molecule has 0 N–H and O–H groups in total. The molecule has 0 unspecified atom stereocenters. The molecule has 0 aliphatic rings. The van der Waals surface area contributed by atoms with E-state index in [4.69, 9.17) is 23.2 Å². The molecule has 0 atom stereocenters. The molecule has 82 valence electrons. The summed E-state index contributed by atoms with van der Waals surface area (Å²) in [5.41, 5.74) is 0.532. The van der Waals surface area contributed by atoms with Crippen LogP contribution in [0.1, 0.15) is 37.0 Å². The second kappa shape index (κ2) is 5.53. The van der Waals surface area contributed by atoms with E-state index in [1.165, 1.54) is 0 Å². The maximum Gasteiger partial charge on any atom is 0.164 e. The lowest BCUT2D eigenvalue weighted by atomic mass is 10.0. The van der Waals surface area contributed by atoms with Crippen LogP contribution in [-0.2, 0) is 0 Å². The Bertz CT molecular complexity index is 359. The fraction of sp³-hybridized carbons (Fsp3) is 0.417. The summed E-state index contributed by atoms with van der Waals surface area (Å²) in [4.78, 5) is 11.8. The van der Waals surface area contributed by atoms with Crippen LogP contribution in [0.25, 0.3) is 0 Å². The Morgan fingerprint density at radius 2 is 2.00 bits per heavy atom. The molecule has 0 fully saturated rings. The number of ketones is 1. The van der Waals surface area contributed by atoms with Crippen LogP contribution >= 0.6 is 23.2 Å². The van der Waals surface area contributed by atoms with E-state index in [0.29, 0.717) is 27.9 Å². The highest BCUT2D eigenvalue weighted by atomic mass is 35.5. The Labute approximate surface area is 100 Å². The average Bonchev–Trinajstić information content (AvgIpc) is 2.18. The van der Waals surface area contributed by atoms with Crippen molar-refractivity contribution < 1.29 is 4.79 Å². The van der Waals surface area contributed by atoms with E-state index >= 15 is 0 Å². The van der Waals surface area contributed by atoms with Gasteiger partial charge in [0.15, 0.2) is 5.78 Å². The zero-order valence-corrected chi connectivity index (χ0v) is 10.4. The predicted molar refractivity (Wildman–Crippen MR) is 64.9 cm³/mol. The lowest BCUT2D eigenvalue weighted by molar-refractivity contribution is 0.0975. The predicted octanol–water partition coefficient (Wildman–Crippen LogP) is 4.61. The van der Waals surface area contributed by atoms with Crippen LogP contribution in [0.2, 0.25) is 10.0 Å². The monoisotopic (exact) mass is 244 g/mol. The molecule has 0 heterocycles. The summed E-state index contributed by atoms with van der Waals surface area (Å²) in [7, 11) is 0. The minimum atomic E-state index is 0.0659. The van der Waals surface area contributed by atoms with Gasteiger partial charge >= 0.3 is 0 Å². The molecule has 1 aromatic carbocycles. The Kier molecular flexibility index (Phi) is 4.62. The van der Waals surface area contributed by atoms with Crippen LogP contribution in [0.4, 0.5) is 0 Å². The first kappa shape index (κ1) is 12.5. The van der Waals surface area contributed by atoms with Crippen molar-refractivity contribution in [3.8, 4) is 0 Å². The molecule has 0 aliphatic carbocycles. The molecule has 1 rings (SSSR count). The number of Topliss-reactive ketones (excluding diaryl/α,β-unsaturated/α-hetero) is 1. The number of carbonyl (C=O) groups is 1. The van der Waals surface area contributed by atoms with E-state index in [9.17, 15) is 4.79 Å². The number of hydrogen-bond acceptors (Lipinski definition) is 1. The van der Waals surface area contributed by atoms with Crippen LogP contribution in [0.15, 0.2) is 18.2 Å². The van der Waals surface area contributed by atoms with E-state index < -0.39 is 0 Å². The molecule has 15 heavy (non-hydrogen) atoms.